The summed E-state index contributed by atoms with van der Waals surface area (Å²) in [5, 5.41) is 11.3. The minimum Gasteiger partial charge on any atom is -0.378 e. The number of hydrogen-bond acceptors (Lipinski definition) is 6. The normalized spacial score (nSPS) is 27.5. The van der Waals surface area contributed by atoms with Crippen molar-refractivity contribution in [2.24, 2.45) is 0 Å². The van der Waals surface area contributed by atoms with Gasteiger partial charge in [-0.15, -0.1) is 5.10 Å². The van der Waals surface area contributed by atoms with E-state index in [-0.39, 0.29) is 30.2 Å². The van der Waals surface area contributed by atoms with Crippen molar-refractivity contribution < 1.29 is 19.0 Å². The Morgan fingerprint density at radius 3 is 2.81 bits per heavy atom. The van der Waals surface area contributed by atoms with E-state index < -0.39 is 0 Å². The van der Waals surface area contributed by atoms with E-state index in [4.69, 9.17) is 14.2 Å². The lowest BCUT2D eigenvalue weighted by Gasteiger charge is -2.18. The molecule has 0 saturated carbocycles. The minimum atomic E-state index is -0.190. The van der Waals surface area contributed by atoms with Crippen molar-refractivity contribution in [2.45, 2.75) is 37.8 Å². The number of aryl methyl sites for hydroxylation is 1. The van der Waals surface area contributed by atoms with Crippen molar-refractivity contribution in [3.05, 3.63) is 47.3 Å². The zero-order chi connectivity index (χ0) is 18.1. The largest absolute Gasteiger partial charge is 0.378 e. The van der Waals surface area contributed by atoms with Gasteiger partial charge in [-0.2, -0.15) is 0 Å². The van der Waals surface area contributed by atoms with Crippen molar-refractivity contribution in [1.29, 1.82) is 0 Å². The van der Waals surface area contributed by atoms with E-state index in [2.05, 4.69) is 15.6 Å². The third-order valence-electron chi connectivity index (χ3n) is 4.85. The average molecular weight is 358 g/mol. The maximum Gasteiger partial charge on any atom is 0.251 e. The molecule has 138 valence electrons. The number of hydrogen-bond donors (Lipinski definition) is 1. The summed E-state index contributed by atoms with van der Waals surface area (Å²) in [6, 6.07) is 7.26. The topological polar surface area (TPSA) is 87.5 Å². The quantitative estimate of drug-likeness (QED) is 0.853. The highest BCUT2D eigenvalue weighted by atomic mass is 16.6. The van der Waals surface area contributed by atoms with Crippen LogP contribution < -0.4 is 5.32 Å². The first-order valence-electron chi connectivity index (χ1n) is 8.66. The first-order valence-corrected chi connectivity index (χ1v) is 8.66. The van der Waals surface area contributed by atoms with Crippen LogP contribution in [-0.4, -0.2) is 59.5 Å². The predicted octanol–water partition coefficient (Wildman–Crippen LogP) is 0.870. The molecule has 2 aliphatic heterocycles. The van der Waals surface area contributed by atoms with E-state index in [0.717, 1.165) is 11.3 Å². The van der Waals surface area contributed by atoms with Gasteiger partial charge in [0.25, 0.3) is 5.91 Å². The number of methoxy groups -OCH3 is 1. The second-order valence-electron chi connectivity index (χ2n) is 6.73. The van der Waals surface area contributed by atoms with Crippen LogP contribution in [0.5, 0.6) is 0 Å². The van der Waals surface area contributed by atoms with Crippen LogP contribution in [0.25, 0.3) is 0 Å². The molecular weight excluding hydrogens is 336 g/mol. The molecule has 1 amide bonds. The van der Waals surface area contributed by atoms with Gasteiger partial charge in [-0.3, -0.25) is 4.79 Å². The number of carbonyl (C=O) groups is 1. The molecule has 1 aromatic carbocycles. The zero-order valence-electron chi connectivity index (χ0n) is 14.8. The van der Waals surface area contributed by atoms with Crippen molar-refractivity contribution in [3.63, 3.8) is 0 Å². The Labute approximate surface area is 151 Å². The third-order valence-corrected chi connectivity index (χ3v) is 4.85. The molecule has 2 aromatic rings. The van der Waals surface area contributed by atoms with Crippen LogP contribution in [0.3, 0.4) is 0 Å². The van der Waals surface area contributed by atoms with E-state index in [1.807, 2.05) is 37.4 Å². The molecule has 0 aliphatic carbocycles. The number of carbonyl (C=O) groups excluding carboxylic acids is 1. The van der Waals surface area contributed by atoms with Crippen molar-refractivity contribution in [2.75, 3.05) is 20.3 Å². The Kier molecular flexibility index (Phi) is 4.71. The molecule has 4 rings (SSSR count). The van der Waals surface area contributed by atoms with Gasteiger partial charge in [-0.05, 0) is 19.1 Å². The summed E-state index contributed by atoms with van der Waals surface area (Å²) >= 11 is 0. The lowest BCUT2D eigenvalue weighted by Crippen LogP contribution is -2.44. The maximum atomic E-state index is 12.5. The monoisotopic (exact) mass is 358 g/mol. The number of amides is 1. The lowest BCUT2D eigenvalue weighted by molar-refractivity contribution is 0.0613. The molecule has 2 fully saturated rings. The Hall–Kier alpha value is -2.29. The van der Waals surface area contributed by atoms with Gasteiger partial charge in [0.15, 0.2) is 0 Å². The number of aromatic nitrogens is 3. The van der Waals surface area contributed by atoms with Gasteiger partial charge < -0.3 is 19.5 Å². The number of benzene rings is 1. The highest BCUT2D eigenvalue weighted by Gasteiger charge is 2.49. The summed E-state index contributed by atoms with van der Waals surface area (Å²) in [5.41, 5.74) is 2.51. The summed E-state index contributed by atoms with van der Waals surface area (Å²) < 4.78 is 18.7. The van der Waals surface area contributed by atoms with Crippen LogP contribution in [0.15, 0.2) is 30.5 Å². The molecule has 1 N–H and O–H groups in total. The second kappa shape index (κ2) is 7.14. The predicted molar refractivity (Wildman–Crippen MR) is 91.7 cm³/mol. The van der Waals surface area contributed by atoms with E-state index in [1.54, 1.807) is 11.8 Å². The SMILES string of the molecule is COCc1cn([C@H]2CO[C@H]3[C@@H]2OC[C@@H]3NC(=O)c2ccc(C)cc2)nn1. The van der Waals surface area contributed by atoms with E-state index in [9.17, 15) is 4.79 Å². The molecule has 0 radical (unpaired) electrons. The van der Waals surface area contributed by atoms with E-state index in [0.29, 0.717) is 25.4 Å². The fourth-order valence-electron chi connectivity index (χ4n) is 3.48. The highest BCUT2D eigenvalue weighted by molar-refractivity contribution is 5.94. The molecular formula is C18H22N4O4. The molecule has 8 heteroatoms. The summed E-state index contributed by atoms with van der Waals surface area (Å²) in [7, 11) is 1.62. The molecule has 2 aliphatic rings. The summed E-state index contributed by atoms with van der Waals surface area (Å²) in [6.07, 6.45) is 1.50. The minimum absolute atomic E-state index is 0.0561. The smallest absolute Gasteiger partial charge is 0.251 e. The Balaban J connectivity index is 1.41. The van der Waals surface area contributed by atoms with Crippen LogP contribution in [0.1, 0.15) is 27.7 Å². The van der Waals surface area contributed by atoms with Crippen LogP contribution >= 0.6 is 0 Å². The molecule has 3 heterocycles. The van der Waals surface area contributed by atoms with Crippen molar-refractivity contribution >= 4 is 5.91 Å². The van der Waals surface area contributed by atoms with E-state index >= 15 is 0 Å². The molecule has 1 aromatic heterocycles. The standard InChI is InChI=1S/C18H22N4O4/c1-11-3-5-12(6-4-11)18(23)19-14-9-25-17-15(10-26-16(14)17)22-7-13(8-24-2)20-21-22/h3-7,14-17H,8-10H2,1-2H3,(H,19,23)/t14-,15-,16+,17+/m0/s1. The fraction of sp³-hybridized carbons (Fsp3) is 0.500. The number of ether oxygens (including phenoxy) is 3. The van der Waals surface area contributed by atoms with Crippen molar-refractivity contribution in [1.82, 2.24) is 20.3 Å². The van der Waals surface area contributed by atoms with Gasteiger partial charge in [-0.25, -0.2) is 4.68 Å². The van der Waals surface area contributed by atoms with Gasteiger partial charge >= 0.3 is 0 Å². The summed E-state index contributed by atoms with van der Waals surface area (Å²) in [4.78, 5) is 12.5. The molecule has 2 saturated heterocycles. The van der Waals surface area contributed by atoms with Gasteiger partial charge in [0.2, 0.25) is 0 Å². The van der Waals surface area contributed by atoms with Gasteiger partial charge in [0.1, 0.15) is 23.9 Å². The number of fused-ring (bicyclic) bond motifs is 1. The maximum absolute atomic E-state index is 12.5. The fourth-order valence-corrected chi connectivity index (χ4v) is 3.48. The number of nitrogens with zero attached hydrogens (tertiary/aromatic N) is 3. The molecule has 26 heavy (non-hydrogen) atoms. The summed E-state index contributed by atoms with van der Waals surface area (Å²) in [6.45, 7) is 3.30. The first kappa shape index (κ1) is 17.1. The molecule has 0 bridgehead atoms. The van der Waals surface area contributed by atoms with Gasteiger partial charge in [0.05, 0.1) is 32.1 Å². The van der Waals surface area contributed by atoms with Crippen LogP contribution in [0.4, 0.5) is 0 Å². The highest BCUT2D eigenvalue weighted by Crippen LogP contribution is 2.34. The lowest BCUT2D eigenvalue weighted by atomic mass is 10.1. The Morgan fingerprint density at radius 2 is 2.04 bits per heavy atom. The first-order chi connectivity index (χ1) is 12.7. The van der Waals surface area contributed by atoms with Crippen LogP contribution in [0.2, 0.25) is 0 Å². The summed E-state index contributed by atoms with van der Waals surface area (Å²) in [5.74, 6) is -0.116. The van der Waals surface area contributed by atoms with Gasteiger partial charge in [0, 0.05) is 12.7 Å². The Morgan fingerprint density at radius 1 is 1.27 bits per heavy atom. The molecule has 0 unspecified atom stereocenters. The molecule has 0 spiro atoms. The van der Waals surface area contributed by atoms with Crippen LogP contribution in [-0.2, 0) is 20.8 Å². The zero-order valence-corrected chi connectivity index (χ0v) is 14.8. The second-order valence-corrected chi connectivity index (χ2v) is 6.73. The van der Waals surface area contributed by atoms with Gasteiger partial charge in [-0.1, -0.05) is 22.9 Å². The van der Waals surface area contributed by atoms with E-state index in [1.165, 1.54) is 0 Å². The number of nitrogens with one attached hydrogen (secondary N) is 1. The Bertz CT molecular complexity index is 776. The van der Waals surface area contributed by atoms with Crippen molar-refractivity contribution in [3.8, 4) is 0 Å². The number of rotatable bonds is 5. The molecule has 4 atom stereocenters. The third kappa shape index (κ3) is 3.23. The average Bonchev–Trinajstić information content (AvgIpc) is 3.33. The molecule has 8 nitrogen and oxygen atoms in total. The van der Waals surface area contributed by atoms with Crippen LogP contribution in [0, 0.1) is 6.92 Å².